The molecule has 1 aliphatic rings. The highest BCUT2D eigenvalue weighted by molar-refractivity contribution is 6.29. The topological polar surface area (TPSA) is 28.2 Å². The van der Waals surface area contributed by atoms with Crippen LogP contribution in [-0.4, -0.2) is 30.7 Å². The molecule has 1 unspecified atom stereocenters. The molecule has 0 radical (unpaired) electrons. The van der Waals surface area contributed by atoms with E-state index in [0.717, 1.165) is 31.9 Å². The number of rotatable bonds is 2. The molecule has 0 spiro atoms. The van der Waals surface area contributed by atoms with Gasteiger partial charge in [-0.3, -0.25) is 0 Å². The van der Waals surface area contributed by atoms with Crippen molar-refractivity contribution in [1.29, 1.82) is 0 Å². The molecule has 1 aromatic rings. The largest absolute Gasteiger partial charge is 0.354 e. The van der Waals surface area contributed by atoms with Crippen molar-refractivity contribution in [2.24, 2.45) is 0 Å². The fourth-order valence-corrected chi connectivity index (χ4v) is 2.33. The van der Waals surface area contributed by atoms with Gasteiger partial charge in [0.25, 0.3) is 0 Å². The van der Waals surface area contributed by atoms with Gasteiger partial charge in [-0.1, -0.05) is 18.5 Å². The Labute approximate surface area is 102 Å². The Morgan fingerprint density at radius 3 is 3.06 bits per heavy atom. The van der Waals surface area contributed by atoms with Crippen molar-refractivity contribution in [1.82, 2.24) is 10.3 Å². The normalized spacial score (nSPS) is 21.2. The molecule has 16 heavy (non-hydrogen) atoms. The molecule has 1 atom stereocenters. The van der Waals surface area contributed by atoms with Crippen LogP contribution in [0.15, 0.2) is 12.1 Å². The maximum atomic E-state index is 5.99. The maximum Gasteiger partial charge on any atom is 0.131 e. The van der Waals surface area contributed by atoms with Gasteiger partial charge in [0.05, 0.1) is 0 Å². The lowest BCUT2D eigenvalue weighted by atomic mass is 10.1. The molecule has 0 aromatic carbocycles. The molecule has 0 aliphatic carbocycles. The Kier molecular flexibility index (Phi) is 3.66. The lowest BCUT2D eigenvalue weighted by Crippen LogP contribution is -2.50. The summed E-state index contributed by atoms with van der Waals surface area (Å²) in [6, 6.07) is 4.56. The molecule has 2 rings (SSSR count). The van der Waals surface area contributed by atoms with Crippen molar-refractivity contribution in [3.8, 4) is 0 Å². The first-order valence-electron chi connectivity index (χ1n) is 5.81. The Balaban J connectivity index is 2.16. The van der Waals surface area contributed by atoms with Crippen molar-refractivity contribution in [3.05, 3.63) is 22.8 Å². The van der Waals surface area contributed by atoms with Gasteiger partial charge in [-0.15, -0.1) is 0 Å². The third-order valence-corrected chi connectivity index (χ3v) is 3.19. The van der Waals surface area contributed by atoms with Gasteiger partial charge < -0.3 is 10.2 Å². The number of nitrogens with one attached hydrogen (secondary N) is 1. The zero-order valence-corrected chi connectivity index (χ0v) is 10.6. The van der Waals surface area contributed by atoms with Crippen LogP contribution in [0.4, 0.5) is 5.82 Å². The average Bonchev–Trinajstić information content (AvgIpc) is 2.28. The summed E-state index contributed by atoms with van der Waals surface area (Å²) >= 11 is 5.99. The fraction of sp³-hybridized carbons (Fsp3) is 0.583. The molecule has 1 saturated heterocycles. The highest BCUT2D eigenvalue weighted by Crippen LogP contribution is 2.19. The zero-order chi connectivity index (χ0) is 11.5. The Morgan fingerprint density at radius 1 is 1.56 bits per heavy atom. The van der Waals surface area contributed by atoms with E-state index in [9.17, 15) is 0 Å². The maximum absolute atomic E-state index is 5.99. The molecule has 2 heterocycles. The van der Waals surface area contributed by atoms with Crippen LogP contribution in [0.5, 0.6) is 0 Å². The van der Waals surface area contributed by atoms with Crippen LogP contribution in [0, 0.1) is 6.92 Å². The summed E-state index contributed by atoms with van der Waals surface area (Å²) in [5.74, 6) is 1.00. The van der Waals surface area contributed by atoms with E-state index in [1.165, 1.54) is 5.56 Å². The smallest absolute Gasteiger partial charge is 0.131 e. The van der Waals surface area contributed by atoms with Gasteiger partial charge in [0.15, 0.2) is 0 Å². The van der Waals surface area contributed by atoms with Crippen molar-refractivity contribution >= 4 is 17.4 Å². The second-order valence-corrected chi connectivity index (χ2v) is 4.72. The number of pyridine rings is 1. The molecular formula is C12H18ClN3. The minimum absolute atomic E-state index is 0.565. The zero-order valence-electron chi connectivity index (χ0n) is 9.83. The molecule has 1 fully saturated rings. The molecule has 88 valence electrons. The van der Waals surface area contributed by atoms with E-state index >= 15 is 0 Å². The Morgan fingerprint density at radius 2 is 2.38 bits per heavy atom. The van der Waals surface area contributed by atoms with Crippen LogP contribution in [0.3, 0.4) is 0 Å². The Hall–Kier alpha value is -0.800. The van der Waals surface area contributed by atoms with E-state index in [2.05, 4.69) is 35.1 Å². The fourth-order valence-electron chi connectivity index (χ4n) is 2.08. The van der Waals surface area contributed by atoms with Gasteiger partial charge in [-0.05, 0) is 31.0 Å². The van der Waals surface area contributed by atoms with Gasteiger partial charge in [0, 0.05) is 25.7 Å². The van der Waals surface area contributed by atoms with Gasteiger partial charge in [-0.2, -0.15) is 0 Å². The first-order chi connectivity index (χ1) is 7.69. The summed E-state index contributed by atoms with van der Waals surface area (Å²) in [6.07, 6.45) is 1.15. The molecule has 4 heteroatoms. The molecule has 1 aliphatic heterocycles. The number of hydrogen-bond donors (Lipinski definition) is 1. The summed E-state index contributed by atoms with van der Waals surface area (Å²) in [5, 5.41) is 4.08. The highest BCUT2D eigenvalue weighted by atomic mass is 35.5. The number of piperazine rings is 1. The van der Waals surface area contributed by atoms with Gasteiger partial charge in [0.1, 0.15) is 11.0 Å². The van der Waals surface area contributed by atoms with E-state index < -0.39 is 0 Å². The summed E-state index contributed by atoms with van der Waals surface area (Å²) in [5.41, 5.74) is 1.17. The number of nitrogens with zero attached hydrogens (tertiary/aromatic N) is 2. The van der Waals surface area contributed by atoms with E-state index in [0.29, 0.717) is 11.2 Å². The van der Waals surface area contributed by atoms with Gasteiger partial charge >= 0.3 is 0 Å². The molecule has 1 aromatic heterocycles. The van der Waals surface area contributed by atoms with Crippen LogP contribution >= 0.6 is 11.6 Å². The third-order valence-electron chi connectivity index (χ3n) is 3.00. The molecule has 1 N–H and O–H groups in total. The number of aromatic nitrogens is 1. The lowest BCUT2D eigenvalue weighted by Gasteiger charge is -2.34. The van der Waals surface area contributed by atoms with E-state index in [1.54, 1.807) is 0 Å². The van der Waals surface area contributed by atoms with Crippen molar-refractivity contribution < 1.29 is 0 Å². The van der Waals surface area contributed by atoms with Crippen molar-refractivity contribution in [2.75, 3.05) is 24.5 Å². The van der Waals surface area contributed by atoms with Gasteiger partial charge in [-0.25, -0.2) is 4.98 Å². The minimum Gasteiger partial charge on any atom is -0.354 e. The summed E-state index contributed by atoms with van der Waals surface area (Å²) < 4.78 is 0. The molecule has 0 amide bonds. The third kappa shape index (κ3) is 2.66. The van der Waals surface area contributed by atoms with Crippen LogP contribution < -0.4 is 10.2 Å². The number of hydrogen-bond acceptors (Lipinski definition) is 3. The quantitative estimate of drug-likeness (QED) is 0.803. The minimum atomic E-state index is 0.565. The standard InChI is InChI=1S/C12H18ClN3/c1-3-10-8-16(5-4-14-10)12-7-9(2)6-11(13)15-12/h6-7,10,14H,3-5,8H2,1-2H3. The first-order valence-corrected chi connectivity index (χ1v) is 6.19. The SMILES string of the molecule is CCC1CN(c2cc(C)cc(Cl)n2)CCN1. The Bertz CT molecular complexity index is 347. The summed E-state index contributed by atoms with van der Waals surface area (Å²) in [6.45, 7) is 7.30. The second kappa shape index (κ2) is 5.02. The average molecular weight is 240 g/mol. The van der Waals surface area contributed by atoms with Gasteiger partial charge in [0.2, 0.25) is 0 Å². The highest BCUT2D eigenvalue weighted by Gasteiger charge is 2.19. The van der Waals surface area contributed by atoms with E-state index in [-0.39, 0.29) is 0 Å². The molecular weight excluding hydrogens is 222 g/mol. The second-order valence-electron chi connectivity index (χ2n) is 4.33. The number of halogens is 1. The summed E-state index contributed by atoms with van der Waals surface area (Å²) in [4.78, 5) is 6.70. The number of aryl methyl sites for hydroxylation is 1. The van der Waals surface area contributed by atoms with Crippen LogP contribution in [0.25, 0.3) is 0 Å². The predicted octanol–water partition coefficient (Wildman–Crippen LogP) is 2.23. The van der Waals surface area contributed by atoms with Crippen LogP contribution in [0.2, 0.25) is 5.15 Å². The first kappa shape index (κ1) is 11.7. The van der Waals surface area contributed by atoms with Crippen molar-refractivity contribution in [3.63, 3.8) is 0 Å². The number of anilines is 1. The molecule has 0 saturated carbocycles. The van der Waals surface area contributed by atoms with E-state index in [1.807, 2.05) is 6.07 Å². The summed E-state index contributed by atoms with van der Waals surface area (Å²) in [7, 11) is 0. The monoisotopic (exact) mass is 239 g/mol. The van der Waals surface area contributed by atoms with E-state index in [4.69, 9.17) is 11.6 Å². The molecule has 0 bridgehead atoms. The van der Waals surface area contributed by atoms with Crippen LogP contribution in [-0.2, 0) is 0 Å². The molecule has 3 nitrogen and oxygen atoms in total. The van der Waals surface area contributed by atoms with Crippen molar-refractivity contribution in [2.45, 2.75) is 26.3 Å². The lowest BCUT2D eigenvalue weighted by molar-refractivity contribution is 0.445. The van der Waals surface area contributed by atoms with Crippen LogP contribution in [0.1, 0.15) is 18.9 Å². The predicted molar refractivity (Wildman–Crippen MR) is 68.3 cm³/mol.